The molecule has 140 valence electrons. The van der Waals surface area contributed by atoms with Crippen molar-refractivity contribution in [1.82, 2.24) is 15.5 Å². The highest BCUT2D eigenvalue weighted by Gasteiger charge is 2.12. The van der Waals surface area contributed by atoms with Gasteiger partial charge in [0.1, 0.15) is 6.54 Å². The number of aliphatic imine (C=N–C) groups is 1. The van der Waals surface area contributed by atoms with Crippen molar-refractivity contribution < 1.29 is 4.79 Å². The van der Waals surface area contributed by atoms with Crippen LogP contribution >= 0.6 is 0 Å². The summed E-state index contributed by atoms with van der Waals surface area (Å²) in [4.78, 5) is 17.9. The average molecular weight is 354 g/mol. The SMILES string of the molecule is CCC(C)NC(=NCC(=O)N(C)C)NC(C)c1ccc2ccccc2c1. The zero-order valence-electron chi connectivity index (χ0n) is 16.4. The molecule has 2 rings (SSSR count). The van der Waals surface area contributed by atoms with E-state index in [1.807, 2.05) is 6.07 Å². The van der Waals surface area contributed by atoms with Gasteiger partial charge in [0.25, 0.3) is 0 Å². The van der Waals surface area contributed by atoms with E-state index in [9.17, 15) is 4.79 Å². The van der Waals surface area contributed by atoms with E-state index in [4.69, 9.17) is 0 Å². The topological polar surface area (TPSA) is 56.7 Å². The Balaban J connectivity index is 2.16. The maximum atomic E-state index is 11.9. The summed E-state index contributed by atoms with van der Waals surface area (Å²) < 4.78 is 0. The molecule has 1 amide bonds. The first-order valence-electron chi connectivity index (χ1n) is 9.17. The van der Waals surface area contributed by atoms with Crippen molar-refractivity contribution in [2.45, 2.75) is 39.3 Å². The minimum Gasteiger partial charge on any atom is -0.354 e. The molecule has 0 aliphatic rings. The summed E-state index contributed by atoms with van der Waals surface area (Å²) in [6.07, 6.45) is 0.979. The summed E-state index contributed by atoms with van der Waals surface area (Å²) in [5, 5.41) is 9.24. The van der Waals surface area contributed by atoms with Gasteiger partial charge in [-0.15, -0.1) is 0 Å². The van der Waals surface area contributed by atoms with Gasteiger partial charge >= 0.3 is 0 Å². The van der Waals surface area contributed by atoms with Gasteiger partial charge < -0.3 is 15.5 Å². The quantitative estimate of drug-likeness (QED) is 0.618. The van der Waals surface area contributed by atoms with Gasteiger partial charge in [-0.2, -0.15) is 0 Å². The molecule has 0 spiro atoms. The summed E-state index contributed by atoms with van der Waals surface area (Å²) >= 11 is 0. The van der Waals surface area contributed by atoms with Gasteiger partial charge in [-0.05, 0) is 42.7 Å². The largest absolute Gasteiger partial charge is 0.354 e. The van der Waals surface area contributed by atoms with E-state index < -0.39 is 0 Å². The summed E-state index contributed by atoms with van der Waals surface area (Å²) in [6, 6.07) is 15.1. The highest BCUT2D eigenvalue weighted by atomic mass is 16.2. The Hall–Kier alpha value is -2.56. The molecule has 0 aliphatic carbocycles. The Labute approximate surface area is 156 Å². The Bertz CT molecular complexity index is 769. The van der Waals surface area contributed by atoms with Crippen LogP contribution in [0.4, 0.5) is 0 Å². The monoisotopic (exact) mass is 354 g/mol. The lowest BCUT2D eigenvalue weighted by Gasteiger charge is -2.22. The number of nitrogens with one attached hydrogen (secondary N) is 2. The molecule has 0 fully saturated rings. The van der Waals surface area contributed by atoms with Crippen molar-refractivity contribution in [2.75, 3.05) is 20.6 Å². The standard InChI is InChI=1S/C21H30N4O/c1-6-15(2)23-21(22-14-20(26)25(4)5)24-16(3)18-12-11-17-9-7-8-10-19(17)13-18/h7-13,15-16H,6,14H2,1-5H3,(H2,22,23,24). The molecule has 0 heterocycles. The predicted octanol–water partition coefficient (Wildman–Crippen LogP) is 3.32. The van der Waals surface area contributed by atoms with Crippen LogP contribution in [0.15, 0.2) is 47.5 Å². The molecule has 0 saturated heterocycles. The van der Waals surface area contributed by atoms with Crippen molar-refractivity contribution in [3.05, 3.63) is 48.0 Å². The van der Waals surface area contributed by atoms with E-state index in [2.05, 4.69) is 72.8 Å². The minimum absolute atomic E-state index is 0.0198. The van der Waals surface area contributed by atoms with Gasteiger partial charge in [-0.25, -0.2) is 4.99 Å². The Morgan fingerprint density at radius 1 is 1.08 bits per heavy atom. The van der Waals surface area contributed by atoms with Gasteiger partial charge in [0.05, 0.1) is 6.04 Å². The normalized spacial score (nSPS) is 14.0. The number of guanidine groups is 1. The number of hydrogen-bond acceptors (Lipinski definition) is 2. The fraction of sp³-hybridized carbons (Fsp3) is 0.429. The first-order valence-corrected chi connectivity index (χ1v) is 9.17. The lowest BCUT2D eigenvalue weighted by atomic mass is 10.0. The summed E-state index contributed by atoms with van der Waals surface area (Å²) in [7, 11) is 3.48. The number of likely N-dealkylation sites (N-methyl/N-ethyl adjacent to an activating group) is 1. The molecule has 5 heteroatoms. The third-order valence-corrected chi connectivity index (χ3v) is 4.49. The molecule has 0 bridgehead atoms. The van der Waals surface area contributed by atoms with Crippen LogP contribution in [-0.4, -0.2) is 43.4 Å². The van der Waals surface area contributed by atoms with E-state index in [1.165, 1.54) is 16.3 Å². The number of fused-ring (bicyclic) bond motifs is 1. The zero-order chi connectivity index (χ0) is 19.1. The predicted molar refractivity (Wildman–Crippen MR) is 109 cm³/mol. The fourth-order valence-electron chi connectivity index (χ4n) is 2.52. The molecule has 2 unspecified atom stereocenters. The lowest BCUT2D eigenvalue weighted by molar-refractivity contribution is -0.127. The molecule has 2 aromatic carbocycles. The highest BCUT2D eigenvalue weighted by molar-refractivity contribution is 5.86. The van der Waals surface area contributed by atoms with Crippen molar-refractivity contribution >= 4 is 22.6 Å². The summed E-state index contributed by atoms with van der Waals surface area (Å²) in [5.41, 5.74) is 1.18. The molecule has 0 aromatic heterocycles. The third kappa shape index (κ3) is 5.48. The second-order valence-corrected chi connectivity index (χ2v) is 6.88. The second kappa shape index (κ2) is 9.22. The molecule has 2 aromatic rings. The average Bonchev–Trinajstić information content (AvgIpc) is 2.64. The first-order chi connectivity index (χ1) is 12.4. The summed E-state index contributed by atoms with van der Waals surface area (Å²) in [6.45, 7) is 6.45. The highest BCUT2D eigenvalue weighted by Crippen LogP contribution is 2.20. The van der Waals surface area contributed by atoms with Crippen LogP contribution in [0.3, 0.4) is 0 Å². The van der Waals surface area contributed by atoms with Gasteiger partial charge in [0, 0.05) is 20.1 Å². The van der Waals surface area contributed by atoms with Gasteiger partial charge in [0.2, 0.25) is 5.91 Å². The molecular weight excluding hydrogens is 324 g/mol. The van der Waals surface area contributed by atoms with Crippen LogP contribution in [-0.2, 0) is 4.79 Å². The molecule has 5 nitrogen and oxygen atoms in total. The van der Waals surface area contributed by atoms with E-state index in [-0.39, 0.29) is 24.5 Å². The third-order valence-electron chi connectivity index (χ3n) is 4.49. The van der Waals surface area contributed by atoms with Crippen molar-refractivity contribution in [1.29, 1.82) is 0 Å². The lowest BCUT2D eigenvalue weighted by Crippen LogP contribution is -2.43. The smallest absolute Gasteiger partial charge is 0.243 e. The number of carbonyl (C=O) groups is 1. The van der Waals surface area contributed by atoms with Crippen LogP contribution < -0.4 is 10.6 Å². The number of rotatable bonds is 6. The van der Waals surface area contributed by atoms with Gasteiger partial charge in [-0.3, -0.25) is 4.79 Å². The van der Waals surface area contributed by atoms with Crippen LogP contribution in [0.2, 0.25) is 0 Å². The number of benzene rings is 2. The Morgan fingerprint density at radius 3 is 2.42 bits per heavy atom. The van der Waals surface area contributed by atoms with Gasteiger partial charge in [0.15, 0.2) is 5.96 Å². The van der Waals surface area contributed by atoms with E-state index in [0.717, 1.165) is 6.42 Å². The van der Waals surface area contributed by atoms with Crippen LogP contribution in [0, 0.1) is 0 Å². The second-order valence-electron chi connectivity index (χ2n) is 6.88. The van der Waals surface area contributed by atoms with E-state index in [1.54, 1.807) is 19.0 Å². The molecular formula is C21H30N4O. The molecule has 2 atom stereocenters. The fourth-order valence-corrected chi connectivity index (χ4v) is 2.52. The van der Waals surface area contributed by atoms with Crippen molar-refractivity contribution in [3.8, 4) is 0 Å². The first kappa shape index (κ1) is 19.8. The van der Waals surface area contributed by atoms with E-state index >= 15 is 0 Å². The van der Waals surface area contributed by atoms with Crippen LogP contribution in [0.5, 0.6) is 0 Å². The van der Waals surface area contributed by atoms with E-state index in [0.29, 0.717) is 5.96 Å². The maximum absolute atomic E-state index is 11.9. The molecule has 0 radical (unpaired) electrons. The molecule has 0 aliphatic heterocycles. The molecule has 2 N–H and O–H groups in total. The van der Waals surface area contributed by atoms with Crippen molar-refractivity contribution in [3.63, 3.8) is 0 Å². The van der Waals surface area contributed by atoms with Crippen molar-refractivity contribution in [2.24, 2.45) is 4.99 Å². The molecule has 26 heavy (non-hydrogen) atoms. The maximum Gasteiger partial charge on any atom is 0.243 e. The number of carbonyl (C=O) groups excluding carboxylic acids is 1. The number of hydrogen-bond donors (Lipinski definition) is 2. The zero-order valence-corrected chi connectivity index (χ0v) is 16.4. The Kier molecular flexibility index (Phi) is 7.01. The summed E-state index contributed by atoms with van der Waals surface area (Å²) in [5.74, 6) is 0.642. The minimum atomic E-state index is -0.0198. The van der Waals surface area contributed by atoms with Crippen LogP contribution in [0.25, 0.3) is 10.8 Å². The van der Waals surface area contributed by atoms with Gasteiger partial charge in [-0.1, -0.05) is 43.3 Å². The Morgan fingerprint density at radius 2 is 1.77 bits per heavy atom. The van der Waals surface area contributed by atoms with Crippen LogP contribution in [0.1, 0.15) is 38.8 Å². The number of amides is 1. The molecule has 0 saturated carbocycles. The number of nitrogens with zero attached hydrogens (tertiary/aromatic N) is 2.